The maximum absolute atomic E-state index is 13.0. The molecule has 0 saturated carbocycles. The molecule has 0 unspecified atom stereocenters. The lowest BCUT2D eigenvalue weighted by Gasteiger charge is -2.34. The first-order valence-corrected chi connectivity index (χ1v) is 10.4. The molecule has 0 atom stereocenters. The predicted molar refractivity (Wildman–Crippen MR) is 98.5 cm³/mol. The van der Waals surface area contributed by atoms with E-state index in [1.54, 1.807) is 17.0 Å². The van der Waals surface area contributed by atoms with Crippen molar-refractivity contribution in [2.75, 3.05) is 26.2 Å². The number of hydrogen-bond acceptors (Lipinski definition) is 6. The molecule has 10 heteroatoms. The van der Waals surface area contributed by atoms with Crippen molar-refractivity contribution in [1.82, 2.24) is 18.0 Å². The number of halogens is 1. The highest BCUT2D eigenvalue weighted by Crippen LogP contribution is 2.25. The lowest BCUT2D eigenvalue weighted by molar-refractivity contribution is 0.0698. The van der Waals surface area contributed by atoms with E-state index < -0.39 is 15.8 Å². The molecule has 140 valence electrons. The van der Waals surface area contributed by atoms with Gasteiger partial charge in [-0.05, 0) is 36.4 Å². The molecule has 0 N–H and O–H groups in total. The molecule has 1 aliphatic rings. The molecule has 4 rings (SSSR count). The summed E-state index contributed by atoms with van der Waals surface area (Å²) in [7, 11) is -3.73. The highest BCUT2D eigenvalue weighted by molar-refractivity contribution is 7.89. The van der Waals surface area contributed by atoms with Crippen LogP contribution in [-0.2, 0) is 10.0 Å². The number of nitrogens with zero attached hydrogens (tertiary/aromatic N) is 4. The lowest BCUT2D eigenvalue weighted by Crippen LogP contribution is -2.50. The molecule has 0 spiro atoms. The van der Waals surface area contributed by atoms with Crippen molar-refractivity contribution in [3.63, 3.8) is 0 Å². The van der Waals surface area contributed by atoms with Gasteiger partial charge in [-0.2, -0.15) is 13.1 Å². The molecule has 0 bridgehead atoms. The van der Waals surface area contributed by atoms with Gasteiger partial charge in [-0.3, -0.25) is 4.79 Å². The molecule has 0 aliphatic carbocycles. The van der Waals surface area contributed by atoms with Crippen molar-refractivity contribution < 1.29 is 17.6 Å². The molecule has 1 amide bonds. The Kier molecular flexibility index (Phi) is 4.62. The Hall–Kier alpha value is -2.43. The molecule has 1 aliphatic heterocycles. The number of hydrogen-bond donors (Lipinski definition) is 0. The third-order valence-electron chi connectivity index (χ3n) is 4.48. The zero-order valence-electron chi connectivity index (χ0n) is 14.1. The first-order valence-electron chi connectivity index (χ1n) is 8.23. The molecule has 1 fully saturated rings. The maximum Gasteiger partial charge on any atom is 0.253 e. The zero-order chi connectivity index (χ0) is 19.0. The first-order chi connectivity index (χ1) is 13.0. The summed E-state index contributed by atoms with van der Waals surface area (Å²) in [5, 5.41) is 0. The number of fused-ring (bicyclic) bond motifs is 1. The van der Waals surface area contributed by atoms with Crippen LogP contribution in [0.4, 0.5) is 4.39 Å². The molecule has 0 radical (unpaired) electrons. The normalized spacial score (nSPS) is 16.0. The van der Waals surface area contributed by atoms with E-state index in [0.717, 1.165) is 11.7 Å². The van der Waals surface area contributed by atoms with Crippen molar-refractivity contribution in [2.24, 2.45) is 0 Å². The number of benzene rings is 2. The van der Waals surface area contributed by atoms with Crippen LogP contribution in [-0.4, -0.2) is 58.5 Å². The van der Waals surface area contributed by atoms with Gasteiger partial charge in [0.1, 0.15) is 21.7 Å². The summed E-state index contributed by atoms with van der Waals surface area (Å²) < 4.78 is 48.6. The number of carbonyl (C=O) groups is 1. The highest BCUT2D eigenvalue weighted by atomic mass is 32.2. The average Bonchev–Trinajstić information content (AvgIpc) is 3.17. The number of sulfonamides is 1. The Morgan fingerprint density at radius 1 is 1.00 bits per heavy atom. The molecule has 7 nitrogen and oxygen atoms in total. The van der Waals surface area contributed by atoms with E-state index in [0.29, 0.717) is 16.6 Å². The van der Waals surface area contributed by atoms with Crippen LogP contribution in [0.1, 0.15) is 10.4 Å². The second-order valence-corrected chi connectivity index (χ2v) is 8.53. The monoisotopic (exact) mass is 406 g/mol. The summed E-state index contributed by atoms with van der Waals surface area (Å²) in [6.45, 7) is 0.897. The van der Waals surface area contributed by atoms with Crippen molar-refractivity contribution in [3.8, 4) is 0 Å². The van der Waals surface area contributed by atoms with Crippen LogP contribution in [0.5, 0.6) is 0 Å². The van der Waals surface area contributed by atoms with Crippen molar-refractivity contribution in [2.45, 2.75) is 4.90 Å². The Morgan fingerprint density at radius 3 is 2.41 bits per heavy atom. The van der Waals surface area contributed by atoms with Gasteiger partial charge < -0.3 is 4.90 Å². The van der Waals surface area contributed by atoms with E-state index in [1.165, 1.54) is 34.6 Å². The van der Waals surface area contributed by atoms with Crippen LogP contribution < -0.4 is 0 Å². The molecule has 27 heavy (non-hydrogen) atoms. The zero-order valence-corrected chi connectivity index (χ0v) is 15.7. The van der Waals surface area contributed by atoms with E-state index in [2.05, 4.69) is 8.75 Å². The third kappa shape index (κ3) is 3.31. The summed E-state index contributed by atoms with van der Waals surface area (Å²) >= 11 is 0.970. The summed E-state index contributed by atoms with van der Waals surface area (Å²) in [5.74, 6) is -0.647. The van der Waals surface area contributed by atoms with E-state index in [1.807, 2.05) is 0 Å². The maximum atomic E-state index is 13.0. The first kappa shape index (κ1) is 18.0. The molecular weight excluding hydrogens is 391 g/mol. The van der Waals surface area contributed by atoms with E-state index in [9.17, 15) is 17.6 Å². The average molecular weight is 406 g/mol. The van der Waals surface area contributed by atoms with Gasteiger partial charge in [0.25, 0.3) is 5.91 Å². The Balaban J connectivity index is 1.51. The smallest absolute Gasteiger partial charge is 0.253 e. The second-order valence-electron chi connectivity index (χ2n) is 6.09. The Bertz CT molecular complexity index is 1090. The highest BCUT2D eigenvalue weighted by Gasteiger charge is 2.32. The minimum absolute atomic E-state index is 0.132. The van der Waals surface area contributed by atoms with Crippen LogP contribution in [0.15, 0.2) is 47.4 Å². The SMILES string of the molecule is O=C(c1ccc(F)cc1)N1CCN(S(=O)(=O)c2cccc3nsnc23)CC1. The summed E-state index contributed by atoms with van der Waals surface area (Å²) in [6.07, 6.45) is 0. The molecule has 3 aromatic rings. The fourth-order valence-electron chi connectivity index (χ4n) is 3.04. The number of carbonyl (C=O) groups excluding carboxylic acids is 1. The van der Waals surface area contributed by atoms with Crippen LogP contribution >= 0.6 is 11.7 Å². The van der Waals surface area contributed by atoms with E-state index in [-0.39, 0.29) is 37.0 Å². The van der Waals surface area contributed by atoms with Crippen molar-refractivity contribution in [3.05, 3.63) is 53.8 Å². The fourth-order valence-corrected chi connectivity index (χ4v) is 5.21. The van der Waals surface area contributed by atoms with Crippen LogP contribution in [0.25, 0.3) is 11.0 Å². The number of amides is 1. The fraction of sp³-hybridized carbons (Fsp3) is 0.235. The van der Waals surface area contributed by atoms with Gasteiger partial charge in [0.05, 0.1) is 11.7 Å². The molecule has 1 aromatic heterocycles. The Labute approximate surface area is 159 Å². The number of rotatable bonds is 3. The van der Waals surface area contributed by atoms with Crippen molar-refractivity contribution in [1.29, 1.82) is 0 Å². The van der Waals surface area contributed by atoms with Gasteiger partial charge in [0.2, 0.25) is 10.0 Å². The van der Waals surface area contributed by atoms with Gasteiger partial charge >= 0.3 is 0 Å². The molecule has 2 aromatic carbocycles. The topological polar surface area (TPSA) is 83.5 Å². The van der Waals surface area contributed by atoms with E-state index in [4.69, 9.17) is 0 Å². The predicted octanol–water partition coefficient (Wildman–Crippen LogP) is 1.98. The summed E-state index contributed by atoms with van der Waals surface area (Å²) in [5.41, 5.74) is 1.30. The largest absolute Gasteiger partial charge is 0.336 e. The number of aromatic nitrogens is 2. The lowest BCUT2D eigenvalue weighted by atomic mass is 10.2. The standard InChI is InChI=1S/C17H15FN4O3S2/c18-13-6-4-12(5-7-13)17(23)21-8-10-22(11-9-21)27(24,25)15-3-1-2-14-16(15)20-26-19-14/h1-7H,8-11H2. The quantitative estimate of drug-likeness (QED) is 0.664. The van der Waals surface area contributed by atoms with E-state index >= 15 is 0 Å². The van der Waals surface area contributed by atoms with Crippen LogP contribution in [0, 0.1) is 5.82 Å². The number of piperazine rings is 1. The molecule has 2 heterocycles. The van der Waals surface area contributed by atoms with Gasteiger partial charge in [-0.1, -0.05) is 6.07 Å². The van der Waals surface area contributed by atoms with Gasteiger partial charge in [-0.15, -0.1) is 0 Å². The van der Waals surface area contributed by atoms with Gasteiger partial charge in [0, 0.05) is 31.7 Å². The van der Waals surface area contributed by atoms with Crippen LogP contribution in [0.3, 0.4) is 0 Å². The summed E-state index contributed by atoms with van der Waals surface area (Å²) in [6, 6.07) is 10.2. The van der Waals surface area contributed by atoms with Gasteiger partial charge in [0.15, 0.2) is 0 Å². The third-order valence-corrected chi connectivity index (χ3v) is 6.96. The van der Waals surface area contributed by atoms with Gasteiger partial charge in [-0.25, -0.2) is 12.8 Å². The minimum Gasteiger partial charge on any atom is -0.336 e. The Morgan fingerprint density at radius 2 is 1.70 bits per heavy atom. The molecular formula is C17H15FN4O3S2. The second kappa shape index (κ2) is 6.95. The summed E-state index contributed by atoms with van der Waals surface area (Å²) in [4.78, 5) is 14.2. The minimum atomic E-state index is -3.73. The van der Waals surface area contributed by atoms with Crippen molar-refractivity contribution >= 4 is 38.7 Å². The molecule has 1 saturated heterocycles. The van der Waals surface area contributed by atoms with Crippen LogP contribution in [0.2, 0.25) is 0 Å².